The minimum absolute atomic E-state index is 0.0404. The second-order valence-corrected chi connectivity index (χ2v) is 4.37. The van der Waals surface area contributed by atoms with Crippen molar-refractivity contribution in [1.29, 1.82) is 0 Å². The standard InChI is InChI=1S/C13H20FNO/c1-4-13(3,5-2)15-9-10-7-6-8-11(14)12(10)16/h6-8,15-16H,4-5,9H2,1-3H3. The van der Waals surface area contributed by atoms with Gasteiger partial charge in [-0.2, -0.15) is 0 Å². The van der Waals surface area contributed by atoms with E-state index in [1.54, 1.807) is 12.1 Å². The summed E-state index contributed by atoms with van der Waals surface area (Å²) in [5, 5.41) is 12.9. The van der Waals surface area contributed by atoms with Crippen LogP contribution >= 0.6 is 0 Å². The maximum atomic E-state index is 13.1. The lowest BCUT2D eigenvalue weighted by Gasteiger charge is -2.28. The van der Waals surface area contributed by atoms with Crippen molar-refractivity contribution in [3.05, 3.63) is 29.6 Å². The predicted molar refractivity (Wildman–Crippen MR) is 63.9 cm³/mol. The number of benzene rings is 1. The van der Waals surface area contributed by atoms with Crippen molar-refractivity contribution < 1.29 is 9.50 Å². The van der Waals surface area contributed by atoms with Crippen LogP contribution in [0, 0.1) is 5.82 Å². The van der Waals surface area contributed by atoms with Crippen molar-refractivity contribution in [3.8, 4) is 5.75 Å². The number of hydrogen-bond donors (Lipinski definition) is 2. The molecule has 0 aromatic heterocycles. The summed E-state index contributed by atoms with van der Waals surface area (Å²) in [6.07, 6.45) is 2.00. The summed E-state index contributed by atoms with van der Waals surface area (Å²) in [5.74, 6) is -0.807. The van der Waals surface area contributed by atoms with Crippen LogP contribution in [-0.4, -0.2) is 10.6 Å². The summed E-state index contributed by atoms with van der Waals surface area (Å²) >= 11 is 0. The summed E-state index contributed by atoms with van der Waals surface area (Å²) < 4.78 is 13.1. The quantitative estimate of drug-likeness (QED) is 0.806. The van der Waals surface area contributed by atoms with Gasteiger partial charge in [-0.25, -0.2) is 4.39 Å². The molecule has 0 aliphatic heterocycles. The van der Waals surface area contributed by atoms with E-state index < -0.39 is 5.82 Å². The van der Waals surface area contributed by atoms with E-state index in [9.17, 15) is 9.50 Å². The fourth-order valence-electron chi connectivity index (χ4n) is 1.51. The number of phenolic OH excluding ortho intramolecular Hbond substituents is 1. The Labute approximate surface area is 96.5 Å². The molecule has 0 bridgehead atoms. The molecule has 0 aliphatic carbocycles. The third kappa shape index (κ3) is 2.95. The molecule has 16 heavy (non-hydrogen) atoms. The zero-order valence-corrected chi connectivity index (χ0v) is 10.2. The second-order valence-electron chi connectivity index (χ2n) is 4.37. The first-order chi connectivity index (χ1) is 7.52. The van der Waals surface area contributed by atoms with E-state index >= 15 is 0 Å². The molecule has 3 heteroatoms. The molecule has 1 rings (SSSR count). The van der Waals surface area contributed by atoms with Crippen molar-refractivity contribution >= 4 is 0 Å². The highest BCUT2D eigenvalue weighted by Crippen LogP contribution is 2.22. The van der Waals surface area contributed by atoms with Crippen molar-refractivity contribution in [1.82, 2.24) is 5.32 Å². The Balaban J connectivity index is 2.71. The predicted octanol–water partition coefficient (Wildman–Crippen LogP) is 3.20. The average Bonchev–Trinajstić information content (AvgIpc) is 2.31. The second kappa shape index (κ2) is 5.30. The minimum Gasteiger partial charge on any atom is -0.505 e. The fraction of sp³-hybridized carbons (Fsp3) is 0.538. The van der Waals surface area contributed by atoms with E-state index in [4.69, 9.17) is 0 Å². The first-order valence-corrected chi connectivity index (χ1v) is 5.74. The van der Waals surface area contributed by atoms with Gasteiger partial charge < -0.3 is 10.4 Å². The van der Waals surface area contributed by atoms with Crippen LogP contribution < -0.4 is 5.32 Å². The molecule has 0 saturated heterocycles. The number of aromatic hydroxyl groups is 1. The van der Waals surface area contributed by atoms with Gasteiger partial charge in [0.2, 0.25) is 0 Å². The summed E-state index contributed by atoms with van der Waals surface area (Å²) in [6, 6.07) is 4.61. The molecule has 0 amide bonds. The van der Waals surface area contributed by atoms with Crippen LogP contribution in [0.15, 0.2) is 18.2 Å². The number of halogens is 1. The van der Waals surface area contributed by atoms with Gasteiger partial charge in [0.25, 0.3) is 0 Å². The summed E-state index contributed by atoms with van der Waals surface area (Å²) in [6.45, 7) is 6.84. The molecule has 0 aliphatic rings. The molecule has 2 nitrogen and oxygen atoms in total. The molecule has 0 heterocycles. The first kappa shape index (κ1) is 13.0. The Kier molecular flexibility index (Phi) is 4.30. The smallest absolute Gasteiger partial charge is 0.165 e. The van der Waals surface area contributed by atoms with Crippen LogP contribution in [0.1, 0.15) is 39.2 Å². The normalized spacial score (nSPS) is 11.8. The van der Waals surface area contributed by atoms with Gasteiger partial charge in [0.15, 0.2) is 11.6 Å². The number of hydrogen-bond acceptors (Lipinski definition) is 2. The highest BCUT2D eigenvalue weighted by Gasteiger charge is 2.19. The van der Waals surface area contributed by atoms with Gasteiger partial charge >= 0.3 is 0 Å². The van der Waals surface area contributed by atoms with E-state index in [1.165, 1.54) is 6.07 Å². The number of rotatable bonds is 5. The first-order valence-electron chi connectivity index (χ1n) is 5.74. The van der Waals surface area contributed by atoms with Crippen LogP contribution in [0.5, 0.6) is 5.75 Å². The van der Waals surface area contributed by atoms with Gasteiger partial charge in [0.05, 0.1) is 0 Å². The molecule has 0 radical (unpaired) electrons. The van der Waals surface area contributed by atoms with Crippen LogP contribution in [0.2, 0.25) is 0 Å². The molecular weight excluding hydrogens is 205 g/mol. The Morgan fingerprint density at radius 2 is 1.94 bits per heavy atom. The molecule has 1 aromatic carbocycles. The number of phenols is 1. The summed E-state index contributed by atoms with van der Waals surface area (Å²) in [7, 11) is 0. The molecular formula is C13H20FNO. The van der Waals surface area contributed by atoms with Crippen molar-refractivity contribution in [2.24, 2.45) is 0 Å². The fourth-order valence-corrected chi connectivity index (χ4v) is 1.51. The SMILES string of the molecule is CCC(C)(CC)NCc1cccc(F)c1O. The molecule has 0 unspecified atom stereocenters. The highest BCUT2D eigenvalue weighted by molar-refractivity contribution is 5.33. The highest BCUT2D eigenvalue weighted by atomic mass is 19.1. The molecule has 0 atom stereocenters. The van der Waals surface area contributed by atoms with E-state index in [0.717, 1.165) is 12.8 Å². The monoisotopic (exact) mass is 225 g/mol. The third-order valence-corrected chi connectivity index (χ3v) is 3.34. The Morgan fingerprint density at radius 1 is 1.31 bits per heavy atom. The topological polar surface area (TPSA) is 32.3 Å². The lowest BCUT2D eigenvalue weighted by atomic mass is 9.95. The van der Waals surface area contributed by atoms with Gasteiger partial charge in [0.1, 0.15) is 0 Å². The van der Waals surface area contributed by atoms with E-state index in [0.29, 0.717) is 12.1 Å². The molecule has 2 N–H and O–H groups in total. The maximum Gasteiger partial charge on any atom is 0.165 e. The Hall–Kier alpha value is -1.09. The minimum atomic E-state index is -0.561. The Morgan fingerprint density at radius 3 is 2.50 bits per heavy atom. The van der Waals surface area contributed by atoms with Crippen LogP contribution in [0.25, 0.3) is 0 Å². The molecule has 0 fully saturated rings. The van der Waals surface area contributed by atoms with Gasteiger partial charge in [0, 0.05) is 17.6 Å². The van der Waals surface area contributed by atoms with Crippen LogP contribution in [0.3, 0.4) is 0 Å². The lowest BCUT2D eigenvalue weighted by Crippen LogP contribution is -2.40. The van der Waals surface area contributed by atoms with Crippen LogP contribution in [-0.2, 0) is 6.54 Å². The molecule has 0 spiro atoms. The maximum absolute atomic E-state index is 13.1. The van der Waals surface area contributed by atoms with Gasteiger partial charge in [-0.1, -0.05) is 26.0 Å². The lowest BCUT2D eigenvalue weighted by molar-refractivity contribution is 0.325. The zero-order valence-electron chi connectivity index (χ0n) is 10.2. The molecule has 0 saturated carbocycles. The van der Waals surface area contributed by atoms with Gasteiger partial charge in [-0.05, 0) is 25.8 Å². The van der Waals surface area contributed by atoms with Crippen molar-refractivity contribution in [2.45, 2.75) is 45.7 Å². The zero-order chi connectivity index (χ0) is 12.2. The Bertz CT molecular complexity index is 348. The van der Waals surface area contributed by atoms with E-state index in [1.807, 2.05) is 0 Å². The van der Waals surface area contributed by atoms with Crippen molar-refractivity contribution in [2.75, 3.05) is 0 Å². The molecule has 90 valence electrons. The van der Waals surface area contributed by atoms with E-state index in [-0.39, 0.29) is 11.3 Å². The number of para-hydroxylation sites is 1. The summed E-state index contributed by atoms with van der Waals surface area (Å²) in [5.41, 5.74) is 0.645. The van der Waals surface area contributed by atoms with Crippen LogP contribution in [0.4, 0.5) is 4.39 Å². The average molecular weight is 225 g/mol. The number of nitrogens with one attached hydrogen (secondary N) is 1. The largest absolute Gasteiger partial charge is 0.505 e. The van der Waals surface area contributed by atoms with Gasteiger partial charge in [-0.3, -0.25) is 0 Å². The molecule has 1 aromatic rings. The summed E-state index contributed by atoms with van der Waals surface area (Å²) in [4.78, 5) is 0. The third-order valence-electron chi connectivity index (χ3n) is 3.34. The van der Waals surface area contributed by atoms with E-state index in [2.05, 4.69) is 26.1 Å². The van der Waals surface area contributed by atoms with Crippen molar-refractivity contribution in [3.63, 3.8) is 0 Å². The van der Waals surface area contributed by atoms with Gasteiger partial charge in [-0.15, -0.1) is 0 Å².